The second-order valence-electron chi connectivity index (χ2n) is 2.27. The quantitative estimate of drug-likeness (QED) is 0.544. The summed E-state index contributed by atoms with van der Waals surface area (Å²) < 4.78 is 39.9. The van der Waals surface area contributed by atoms with Gasteiger partial charge in [-0.25, -0.2) is 4.98 Å². The minimum atomic E-state index is -4.86. The van der Waals surface area contributed by atoms with E-state index in [9.17, 15) is 13.2 Å². The number of ether oxygens (including phenoxy) is 1. The van der Waals surface area contributed by atoms with Crippen LogP contribution in [0.1, 0.15) is 5.56 Å². The van der Waals surface area contributed by atoms with E-state index in [0.29, 0.717) is 3.57 Å². The molecule has 0 N–H and O–H groups in total. The lowest BCUT2D eigenvalue weighted by Crippen LogP contribution is -2.19. The van der Waals surface area contributed by atoms with Gasteiger partial charge in [-0.05, 0) is 44.6 Å². The maximum absolute atomic E-state index is 11.9. The van der Waals surface area contributed by atoms with Crippen LogP contribution in [0.3, 0.4) is 0 Å². The van der Waals surface area contributed by atoms with Crippen LogP contribution >= 0.6 is 38.5 Å². The summed E-state index contributed by atoms with van der Waals surface area (Å²) >= 11 is 4.63. The summed E-state index contributed by atoms with van der Waals surface area (Å²) in [5.41, 5.74) is -0.240. The fourth-order valence-corrected chi connectivity index (χ4v) is 2.21. The highest BCUT2D eigenvalue weighted by molar-refractivity contribution is 14.1. The van der Waals surface area contributed by atoms with Gasteiger partial charge < -0.3 is 4.74 Å². The highest BCUT2D eigenvalue weighted by atomic mass is 127. The lowest BCUT2D eigenvalue weighted by molar-refractivity contribution is -0.276. The fourth-order valence-electron chi connectivity index (χ4n) is 0.749. The predicted molar refractivity (Wildman–Crippen MR) is 56.1 cm³/mol. The number of alkyl halides is 3. The van der Waals surface area contributed by atoms with Crippen molar-refractivity contribution in [2.24, 2.45) is 0 Å². The van der Waals surface area contributed by atoms with Crippen molar-refractivity contribution in [3.8, 4) is 11.9 Å². The molecule has 0 radical (unpaired) electrons. The first-order chi connectivity index (χ1) is 6.83. The lowest BCUT2D eigenvalue weighted by Gasteiger charge is -2.09. The fraction of sp³-hybridized carbons (Fsp3) is 0.143. The molecule has 0 bridgehead atoms. The second-order valence-corrected chi connectivity index (χ2v) is 4.24. The molecule has 1 aromatic heterocycles. The summed E-state index contributed by atoms with van der Waals surface area (Å²) in [6.07, 6.45) is -4.86. The normalized spacial score (nSPS) is 10.9. The van der Waals surface area contributed by atoms with Gasteiger partial charge in [-0.1, -0.05) is 0 Å². The average molecular weight is 393 g/mol. The molecule has 0 spiro atoms. The number of hydrogen-bond donors (Lipinski definition) is 0. The third kappa shape index (κ3) is 3.49. The minimum Gasteiger partial charge on any atom is -0.386 e. The van der Waals surface area contributed by atoms with Gasteiger partial charge in [-0.15, -0.1) is 13.2 Å². The van der Waals surface area contributed by atoms with Crippen molar-refractivity contribution in [3.05, 3.63) is 19.8 Å². The monoisotopic (exact) mass is 392 g/mol. The average Bonchev–Trinajstić information content (AvgIpc) is 1.99. The van der Waals surface area contributed by atoms with Gasteiger partial charge in [0.25, 0.3) is 0 Å². The molecule has 1 aromatic rings. The maximum atomic E-state index is 11.9. The van der Waals surface area contributed by atoms with E-state index >= 15 is 0 Å². The summed E-state index contributed by atoms with van der Waals surface area (Å²) in [4.78, 5) is 3.44. The summed E-state index contributed by atoms with van der Waals surface area (Å²) in [6, 6.07) is 3.02. The minimum absolute atomic E-state index is 0.171. The van der Waals surface area contributed by atoms with E-state index in [1.165, 1.54) is 6.07 Å². The SMILES string of the molecule is N#Cc1c(I)cc(Br)nc1OC(F)(F)F. The Bertz CT molecular complexity index is 429. The van der Waals surface area contributed by atoms with Gasteiger partial charge in [-0.2, -0.15) is 5.26 Å². The van der Waals surface area contributed by atoms with E-state index in [4.69, 9.17) is 5.26 Å². The van der Waals surface area contributed by atoms with Crippen molar-refractivity contribution in [1.29, 1.82) is 5.26 Å². The number of nitriles is 1. The first kappa shape index (κ1) is 12.5. The molecule has 0 aliphatic carbocycles. The Labute approximate surface area is 105 Å². The Kier molecular flexibility index (Phi) is 3.77. The number of pyridine rings is 1. The molecule has 0 aliphatic heterocycles. The van der Waals surface area contributed by atoms with Crippen LogP contribution in [0.15, 0.2) is 10.7 Å². The molecule has 0 amide bonds. The van der Waals surface area contributed by atoms with Crippen molar-refractivity contribution in [1.82, 2.24) is 4.98 Å². The van der Waals surface area contributed by atoms with Crippen molar-refractivity contribution in [3.63, 3.8) is 0 Å². The number of nitrogens with zero attached hydrogens (tertiary/aromatic N) is 2. The van der Waals surface area contributed by atoms with Crippen molar-refractivity contribution < 1.29 is 17.9 Å². The van der Waals surface area contributed by atoms with Gasteiger partial charge in [0.15, 0.2) is 0 Å². The van der Waals surface area contributed by atoms with Crippen LogP contribution in [0, 0.1) is 14.9 Å². The van der Waals surface area contributed by atoms with Crippen LogP contribution in [-0.4, -0.2) is 11.3 Å². The molecule has 0 atom stereocenters. The number of aromatic nitrogens is 1. The smallest absolute Gasteiger partial charge is 0.386 e. The van der Waals surface area contributed by atoms with Crippen molar-refractivity contribution in [2.75, 3.05) is 0 Å². The summed E-state index contributed by atoms with van der Waals surface area (Å²) in [7, 11) is 0. The third-order valence-corrected chi connectivity index (χ3v) is 2.49. The van der Waals surface area contributed by atoms with Crippen molar-refractivity contribution in [2.45, 2.75) is 6.36 Å². The van der Waals surface area contributed by atoms with Gasteiger partial charge in [0, 0.05) is 3.57 Å². The van der Waals surface area contributed by atoms with Crippen LogP contribution in [-0.2, 0) is 0 Å². The molecule has 3 nitrogen and oxygen atoms in total. The lowest BCUT2D eigenvalue weighted by atomic mass is 10.3. The maximum Gasteiger partial charge on any atom is 0.574 e. The molecule has 0 aliphatic rings. The molecular formula is C7HBrF3IN2O. The topological polar surface area (TPSA) is 45.9 Å². The van der Waals surface area contributed by atoms with Crippen LogP contribution in [0.4, 0.5) is 13.2 Å². The third-order valence-electron chi connectivity index (χ3n) is 1.23. The van der Waals surface area contributed by atoms with Gasteiger partial charge in [0.2, 0.25) is 5.88 Å². The standard InChI is InChI=1S/C7HBrF3IN2O/c8-5-1-4(12)3(2-13)6(14-5)15-7(9,10)11/h1H. The molecular weight excluding hydrogens is 392 g/mol. The molecule has 1 rings (SSSR count). The Morgan fingerprint density at radius 1 is 1.53 bits per heavy atom. The number of halogens is 5. The molecule has 1 heterocycles. The van der Waals surface area contributed by atoms with Crippen LogP contribution in [0.5, 0.6) is 5.88 Å². The largest absolute Gasteiger partial charge is 0.574 e. The van der Waals surface area contributed by atoms with Gasteiger partial charge in [-0.3, -0.25) is 0 Å². The Balaban J connectivity index is 3.23. The van der Waals surface area contributed by atoms with Crippen LogP contribution in [0.2, 0.25) is 0 Å². The van der Waals surface area contributed by atoms with E-state index < -0.39 is 12.2 Å². The van der Waals surface area contributed by atoms with E-state index in [2.05, 4.69) is 25.7 Å². The number of rotatable bonds is 1. The zero-order chi connectivity index (χ0) is 11.6. The molecule has 0 saturated carbocycles. The van der Waals surface area contributed by atoms with E-state index in [-0.39, 0.29) is 10.2 Å². The molecule has 0 aromatic carbocycles. The molecule has 80 valence electrons. The van der Waals surface area contributed by atoms with Gasteiger partial charge >= 0.3 is 6.36 Å². The van der Waals surface area contributed by atoms with E-state index in [0.717, 1.165) is 0 Å². The zero-order valence-electron chi connectivity index (χ0n) is 6.77. The summed E-state index contributed by atoms with van der Waals surface area (Å²) in [5, 5.41) is 8.63. The molecule has 0 saturated heterocycles. The van der Waals surface area contributed by atoms with Crippen molar-refractivity contribution >= 4 is 38.5 Å². The molecule has 15 heavy (non-hydrogen) atoms. The zero-order valence-corrected chi connectivity index (χ0v) is 10.5. The highest BCUT2D eigenvalue weighted by Gasteiger charge is 2.33. The summed E-state index contributed by atoms with van der Waals surface area (Å²) in [6.45, 7) is 0. The first-order valence-electron chi connectivity index (χ1n) is 3.35. The summed E-state index contributed by atoms with van der Waals surface area (Å²) in [5.74, 6) is -0.747. The van der Waals surface area contributed by atoms with E-state index in [1.807, 2.05) is 0 Å². The Morgan fingerprint density at radius 3 is 2.60 bits per heavy atom. The van der Waals surface area contributed by atoms with Crippen LogP contribution in [0.25, 0.3) is 0 Å². The van der Waals surface area contributed by atoms with Crippen LogP contribution < -0.4 is 4.74 Å². The molecule has 0 fully saturated rings. The molecule has 8 heteroatoms. The highest BCUT2D eigenvalue weighted by Crippen LogP contribution is 2.29. The molecule has 0 unspecified atom stereocenters. The Morgan fingerprint density at radius 2 is 2.13 bits per heavy atom. The first-order valence-corrected chi connectivity index (χ1v) is 5.22. The second kappa shape index (κ2) is 4.52. The van der Waals surface area contributed by atoms with Gasteiger partial charge in [0.1, 0.15) is 16.2 Å². The number of hydrogen-bond acceptors (Lipinski definition) is 3. The van der Waals surface area contributed by atoms with E-state index in [1.54, 1.807) is 28.7 Å². The predicted octanol–water partition coefficient (Wildman–Crippen LogP) is 3.22. The van der Waals surface area contributed by atoms with Gasteiger partial charge in [0.05, 0.1) is 0 Å². The Hall–Kier alpha value is -0.560.